The van der Waals surface area contributed by atoms with Gasteiger partial charge in [0.05, 0.1) is 5.33 Å². The smallest absolute Gasteiger partial charge is 0.208 e. The first-order valence-electron chi connectivity index (χ1n) is 2.01. The van der Waals surface area contributed by atoms with Crippen molar-refractivity contribution in [3.63, 3.8) is 0 Å². The molecule has 0 rings (SSSR count). The first-order valence-corrected chi connectivity index (χ1v) is 3.93. The highest BCUT2D eigenvalue weighted by atomic mass is 79.9. The van der Waals surface area contributed by atoms with Crippen molar-refractivity contribution in [2.45, 2.75) is 13.8 Å². The Labute approximate surface area is 60.7 Å². The number of carbonyl (C=O) groups excluding carboxylic acids is 1. The summed E-state index contributed by atoms with van der Waals surface area (Å²) in [5.41, 5.74) is 0. The van der Waals surface area contributed by atoms with Gasteiger partial charge in [-0.2, -0.15) is 0 Å². The van der Waals surface area contributed by atoms with Crippen molar-refractivity contribution in [2.24, 2.45) is 0 Å². The minimum Gasteiger partial charge on any atom is -0.286 e. The molecule has 0 aliphatic carbocycles. The molecule has 0 aliphatic heterocycles. The highest BCUT2D eigenvalue weighted by Gasteiger charge is 1.82. The molecule has 0 fully saturated rings. The van der Waals surface area contributed by atoms with E-state index in [1.807, 2.05) is 13.8 Å². The van der Waals surface area contributed by atoms with Gasteiger partial charge in [-0.15, -0.1) is 0 Å². The number of hydrogen-bond donors (Lipinski definition) is 0. The summed E-state index contributed by atoms with van der Waals surface area (Å²) in [7, 11) is 0. The number of rotatable bonds is 1. The molecule has 0 bridgehead atoms. The summed E-state index contributed by atoms with van der Waals surface area (Å²) >= 11 is 5.60. The van der Waals surface area contributed by atoms with Crippen molar-refractivity contribution < 1.29 is 4.79 Å². The summed E-state index contributed by atoms with van der Waals surface area (Å²) in [5, 5.41) is 0.396. The monoisotopic (exact) mass is 230 g/mol. The van der Waals surface area contributed by atoms with Crippen LogP contribution >= 0.6 is 31.9 Å². The standard InChI is InChI=1S/C2H2Br2O.C2H6/c3-1-2(4)5;1-2/h1H2;1-2H3. The quantitative estimate of drug-likeness (QED) is 0.500. The SMILES string of the molecule is CC.O=C(Br)CBr. The van der Waals surface area contributed by atoms with Crippen LogP contribution in [0.25, 0.3) is 0 Å². The van der Waals surface area contributed by atoms with Crippen molar-refractivity contribution in [1.82, 2.24) is 0 Å². The topological polar surface area (TPSA) is 17.1 Å². The van der Waals surface area contributed by atoms with Gasteiger partial charge in [0.2, 0.25) is 4.69 Å². The predicted molar refractivity (Wildman–Crippen MR) is 39.1 cm³/mol. The highest BCUT2D eigenvalue weighted by molar-refractivity contribution is 9.19. The predicted octanol–water partition coefficient (Wildman–Crippen LogP) is 2.33. The van der Waals surface area contributed by atoms with E-state index in [2.05, 4.69) is 31.9 Å². The molecule has 0 aromatic carbocycles. The Bertz CT molecular complexity index is 45.0. The summed E-state index contributed by atoms with van der Waals surface area (Å²) in [5.74, 6) is 0. The zero-order valence-corrected chi connectivity index (χ0v) is 7.54. The van der Waals surface area contributed by atoms with E-state index in [-0.39, 0.29) is 4.69 Å². The maximum absolute atomic E-state index is 9.68. The number of carbonyl (C=O) groups is 1. The molecule has 44 valence electrons. The maximum atomic E-state index is 9.68. The van der Waals surface area contributed by atoms with E-state index in [4.69, 9.17) is 0 Å². The third-order valence-electron chi connectivity index (χ3n) is 0.105. The average Bonchev–Trinajstić information content (AvgIpc) is 1.73. The molecule has 0 heterocycles. The Morgan fingerprint density at radius 1 is 1.57 bits per heavy atom. The summed E-state index contributed by atoms with van der Waals surface area (Å²) in [4.78, 5) is 9.68. The normalized spacial score (nSPS) is 6.29. The van der Waals surface area contributed by atoms with Gasteiger partial charge in [0.15, 0.2) is 0 Å². The molecule has 3 heteroatoms. The minimum absolute atomic E-state index is 0.0162. The lowest BCUT2D eigenvalue weighted by molar-refractivity contribution is -0.108. The fraction of sp³-hybridized carbons (Fsp3) is 0.750. The third kappa shape index (κ3) is 20.5. The summed E-state index contributed by atoms with van der Waals surface area (Å²) in [6, 6.07) is 0. The second-order valence-corrected chi connectivity index (χ2v) is 1.93. The average molecular weight is 232 g/mol. The Morgan fingerprint density at radius 3 is 1.71 bits per heavy atom. The van der Waals surface area contributed by atoms with Crippen LogP contribution in [0.4, 0.5) is 0 Å². The Hall–Kier alpha value is 0.630. The Morgan fingerprint density at radius 2 is 1.71 bits per heavy atom. The molecule has 1 nitrogen and oxygen atoms in total. The van der Waals surface area contributed by atoms with Crippen LogP contribution in [-0.4, -0.2) is 10.0 Å². The van der Waals surface area contributed by atoms with Crippen LogP contribution < -0.4 is 0 Å². The van der Waals surface area contributed by atoms with Crippen LogP contribution in [0.5, 0.6) is 0 Å². The molecule has 0 aromatic rings. The van der Waals surface area contributed by atoms with Crippen LogP contribution in [0.1, 0.15) is 13.8 Å². The van der Waals surface area contributed by atoms with Gasteiger partial charge in [0.25, 0.3) is 0 Å². The van der Waals surface area contributed by atoms with Crippen molar-refractivity contribution >= 4 is 36.6 Å². The van der Waals surface area contributed by atoms with Gasteiger partial charge >= 0.3 is 0 Å². The van der Waals surface area contributed by atoms with Crippen molar-refractivity contribution in [3.05, 3.63) is 0 Å². The summed E-state index contributed by atoms with van der Waals surface area (Å²) in [6.45, 7) is 4.00. The van der Waals surface area contributed by atoms with Crippen LogP contribution in [0.15, 0.2) is 0 Å². The third-order valence-corrected chi connectivity index (χ3v) is 1.65. The van der Waals surface area contributed by atoms with E-state index in [0.29, 0.717) is 5.33 Å². The van der Waals surface area contributed by atoms with Crippen molar-refractivity contribution in [2.75, 3.05) is 5.33 Å². The fourth-order valence-corrected chi connectivity index (χ4v) is 0. The van der Waals surface area contributed by atoms with E-state index < -0.39 is 0 Å². The van der Waals surface area contributed by atoms with Crippen LogP contribution in [0.2, 0.25) is 0 Å². The molecule has 0 aromatic heterocycles. The molecule has 0 radical (unpaired) electrons. The molecule has 0 spiro atoms. The molecule has 0 saturated carbocycles. The van der Waals surface area contributed by atoms with Gasteiger partial charge in [-0.1, -0.05) is 29.8 Å². The van der Waals surface area contributed by atoms with Gasteiger partial charge in [0.1, 0.15) is 0 Å². The molecule has 7 heavy (non-hydrogen) atoms. The fourth-order valence-electron chi connectivity index (χ4n) is 0. The van der Waals surface area contributed by atoms with Gasteiger partial charge in [-0.05, 0) is 15.9 Å². The first-order chi connectivity index (χ1) is 3.27. The Balaban J connectivity index is 0. The van der Waals surface area contributed by atoms with Crippen molar-refractivity contribution in [1.29, 1.82) is 0 Å². The van der Waals surface area contributed by atoms with E-state index in [0.717, 1.165) is 0 Å². The number of alkyl halides is 1. The first kappa shape index (κ1) is 10.6. The molecule has 0 unspecified atom stereocenters. The molecular formula is C4H8Br2O. The molecule has 0 atom stereocenters. The second-order valence-electron chi connectivity index (χ2n) is 0.489. The number of halogens is 2. The molecule has 0 saturated heterocycles. The van der Waals surface area contributed by atoms with E-state index >= 15 is 0 Å². The van der Waals surface area contributed by atoms with Crippen LogP contribution in [0.3, 0.4) is 0 Å². The lowest BCUT2D eigenvalue weighted by Crippen LogP contribution is -1.79. The zero-order valence-electron chi connectivity index (χ0n) is 4.37. The molecule has 0 amide bonds. The lowest BCUT2D eigenvalue weighted by Gasteiger charge is -1.66. The number of hydrogen-bond acceptors (Lipinski definition) is 1. The van der Waals surface area contributed by atoms with E-state index in [1.165, 1.54) is 0 Å². The molecular weight excluding hydrogens is 224 g/mol. The van der Waals surface area contributed by atoms with Gasteiger partial charge in [0, 0.05) is 0 Å². The molecule has 0 aliphatic rings. The second kappa shape index (κ2) is 9.80. The largest absolute Gasteiger partial charge is 0.286 e. The molecule has 0 N–H and O–H groups in total. The van der Waals surface area contributed by atoms with E-state index in [9.17, 15) is 4.79 Å². The lowest BCUT2D eigenvalue weighted by atomic mass is 10.9. The maximum Gasteiger partial charge on any atom is 0.208 e. The zero-order chi connectivity index (χ0) is 6.28. The van der Waals surface area contributed by atoms with E-state index in [1.54, 1.807) is 0 Å². The van der Waals surface area contributed by atoms with Crippen LogP contribution in [-0.2, 0) is 4.79 Å². The van der Waals surface area contributed by atoms with Gasteiger partial charge in [-0.25, -0.2) is 0 Å². The van der Waals surface area contributed by atoms with Gasteiger partial charge in [-0.3, -0.25) is 4.79 Å². The van der Waals surface area contributed by atoms with Crippen LogP contribution in [0, 0.1) is 0 Å². The Kier molecular flexibility index (Phi) is 14.8. The summed E-state index contributed by atoms with van der Waals surface area (Å²) in [6.07, 6.45) is 0. The van der Waals surface area contributed by atoms with Crippen molar-refractivity contribution in [3.8, 4) is 0 Å². The minimum atomic E-state index is -0.0162. The highest BCUT2D eigenvalue weighted by Crippen LogP contribution is 1.87. The summed E-state index contributed by atoms with van der Waals surface area (Å²) < 4.78 is -0.0162. The van der Waals surface area contributed by atoms with Gasteiger partial charge < -0.3 is 0 Å².